The smallest absolute Gasteiger partial charge is 0.303 e. The highest BCUT2D eigenvalue weighted by Crippen LogP contribution is 2.26. The summed E-state index contributed by atoms with van der Waals surface area (Å²) in [5.41, 5.74) is 7.67. The van der Waals surface area contributed by atoms with Crippen LogP contribution in [-0.4, -0.2) is 21.6 Å². The summed E-state index contributed by atoms with van der Waals surface area (Å²) in [6.45, 7) is 0. The van der Waals surface area contributed by atoms with Crippen molar-refractivity contribution in [2.45, 2.75) is 12.8 Å². The number of carbonyl (C=O) groups is 2. The molecule has 0 unspecified atom stereocenters. The average molecular weight is 326 g/mol. The van der Waals surface area contributed by atoms with E-state index in [4.69, 9.17) is 10.8 Å². The van der Waals surface area contributed by atoms with E-state index in [1.807, 2.05) is 6.07 Å². The zero-order chi connectivity index (χ0) is 17.3. The number of aryl methyl sites for hydroxylation is 1. The average Bonchev–Trinajstić information content (AvgIpc) is 2.92. The van der Waals surface area contributed by atoms with Crippen molar-refractivity contribution in [3.8, 4) is 5.69 Å². The van der Waals surface area contributed by atoms with Gasteiger partial charge in [0.25, 0.3) is 5.91 Å². The third kappa shape index (κ3) is 2.99. The fourth-order valence-corrected chi connectivity index (χ4v) is 2.74. The Kier molecular flexibility index (Phi) is 4.04. The van der Waals surface area contributed by atoms with Crippen LogP contribution in [-0.2, 0) is 11.2 Å². The minimum atomic E-state index is -0.883. The minimum absolute atomic E-state index is 0.00713. The number of hydrogen-bond acceptors (Lipinski definition) is 2. The highest BCUT2D eigenvalue weighted by Gasteiger charge is 2.15. The summed E-state index contributed by atoms with van der Waals surface area (Å²) in [4.78, 5) is 22.5. The topological polar surface area (TPSA) is 85.3 Å². The van der Waals surface area contributed by atoms with Crippen LogP contribution < -0.4 is 5.73 Å². The van der Waals surface area contributed by atoms with Crippen LogP contribution in [0.5, 0.6) is 0 Å². The number of carbonyl (C=O) groups excluding carboxylic acids is 1. The molecule has 2 aromatic carbocycles. The van der Waals surface area contributed by atoms with Gasteiger partial charge in [0.05, 0.1) is 5.52 Å². The summed E-state index contributed by atoms with van der Waals surface area (Å²) >= 11 is 0. The van der Waals surface area contributed by atoms with E-state index in [0.29, 0.717) is 23.0 Å². The Balaban J connectivity index is 2.16. The maximum absolute atomic E-state index is 13.6. The fraction of sp³-hybridized carbons (Fsp3) is 0.111. The van der Waals surface area contributed by atoms with Gasteiger partial charge in [-0.2, -0.15) is 0 Å². The van der Waals surface area contributed by atoms with Crippen molar-refractivity contribution >= 4 is 22.8 Å². The lowest BCUT2D eigenvalue weighted by atomic mass is 10.1. The minimum Gasteiger partial charge on any atom is -0.481 e. The van der Waals surface area contributed by atoms with Crippen LogP contribution in [0.4, 0.5) is 4.39 Å². The molecule has 5 nitrogen and oxygen atoms in total. The molecule has 0 aliphatic carbocycles. The van der Waals surface area contributed by atoms with Gasteiger partial charge in [0.15, 0.2) is 0 Å². The summed E-state index contributed by atoms with van der Waals surface area (Å²) in [5.74, 6) is -1.92. The number of nitrogens with zero attached hydrogens (tertiary/aromatic N) is 1. The molecule has 1 heterocycles. The van der Waals surface area contributed by atoms with Crippen molar-refractivity contribution in [2.24, 2.45) is 5.73 Å². The summed E-state index contributed by atoms with van der Waals surface area (Å²) in [6.07, 6.45) is 0.371. The van der Waals surface area contributed by atoms with Crippen molar-refractivity contribution in [2.75, 3.05) is 0 Å². The first-order chi connectivity index (χ1) is 11.5. The second kappa shape index (κ2) is 6.16. The van der Waals surface area contributed by atoms with Crippen molar-refractivity contribution in [3.05, 3.63) is 65.6 Å². The molecule has 0 bridgehead atoms. The molecular formula is C18H15FN2O3. The van der Waals surface area contributed by atoms with Crippen molar-refractivity contribution in [1.82, 2.24) is 4.57 Å². The van der Waals surface area contributed by atoms with E-state index in [1.165, 1.54) is 12.1 Å². The van der Waals surface area contributed by atoms with Gasteiger partial charge in [-0.1, -0.05) is 12.1 Å². The Hall–Kier alpha value is -3.15. The number of amides is 1. The van der Waals surface area contributed by atoms with Gasteiger partial charge in [0, 0.05) is 17.5 Å². The first-order valence-electron chi connectivity index (χ1n) is 7.37. The Labute approximate surface area is 137 Å². The molecule has 0 saturated carbocycles. The highest BCUT2D eigenvalue weighted by molar-refractivity contribution is 5.99. The first-order valence-corrected chi connectivity index (χ1v) is 7.37. The number of benzene rings is 2. The van der Waals surface area contributed by atoms with Gasteiger partial charge in [0.2, 0.25) is 0 Å². The molecule has 0 fully saturated rings. The molecule has 3 aromatic rings. The monoisotopic (exact) mass is 326 g/mol. The number of carboxylic acids is 1. The molecule has 24 heavy (non-hydrogen) atoms. The van der Waals surface area contributed by atoms with Crippen LogP contribution in [0.15, 0.2) is 48.5 Å². The molecule has 1 aromatic heterocycles. The molecule has 0 aliphatic heterocycles. The maximum Gasteiger partial charge on any atom is 0.303 e. The number of nitrogens with two attached hydrogens (primary N) is 1. The van der Waals surface area contributed by atoms with Crippen molar-refractivity contribution in [3.63, 3.8) is 0 Å². The highest BCUT2D eigenvalue weighted by atomic mass is 19.1. The number of rotatable bonds is 5. The normalized spacial score (nSPS) is 10.9. The molecule has 122 valence electrons. The van der Waals surface area contributed by atoms with Crippen molar-refractivity contribution in [1.29, 1.82) is 0 Å². The third-order valence-corrected chi connectivity index (χ3v) is 3.82. The Bertz CT molecular complexity index is 947. The lowest BCUT2D eigenvalue weighted by molar-refractivity contribution is -0.136. The number of fused-ring (bicyclic) bond motifs is 1. The number of halogens is 1. The molecule has 3 N–H and O–H groups in total. The molecule has 3 rings (SSSR count). The van der Waals surface area contributed by atoms with Crippen LogP contribution in [0.1, 0.15) is 22.5 Å². The zero-order valence-electron chi connectivity index (χ0n) is 12.7. The quantitative estimate of drug-likeness (QED) is 0.756. The van der Waals surface area contributed by atoms with Crippen LogP contribution in [0.3, 0.4) is 0 Å². The van der Waals surface area contributed by atoms with Gasteiger partial charge in [-0.25, -0.2) is 4.39 Å². The second-order valence-electron chi connectivity index (χ2n) is 5.50. The van der Waals surface area contributed by atoms with E-state index in [9.17, 15) is 14.0 Å². The first kappa shape index (κ1) is 15.7. The van der Waals surface area contributed by atoms with E-state index in [0.717, 1.165) is 5.56 Å². The lowest BCUT2D eigenvalue weighted by Crippen LogP contribution is -2.16. The number of primary amides is 1. The van der Waals surface area contributed by atoms with E-state index in [-0.39, 0.29) is 12.1 Å². The SMILES string of the molecule is NC(=O)c1cc2ccc(F)cc2n1-c1cccc(CCC(=O)O)c1. The maximum atomic E-state index is 13.6. The molecular weight excluding hydrogens is 311 g/mol. The van der Waals surface area contributed by atoms with Crippen LogP contribution >= 0.6 is 0 Å². The van der Waals surface area contributed by atoms with Gasteiger partial charge in [-0.3, -0.25) is 9.59 Å². The summed E-state index contributed by atoms with van der Waals surface area (Å²) in [6, 6.07) is 13.0. The Morgan fingerprint density at radius 1 is 1.12 bits per heavy atom. The van der Waals surface area contributed by atoms with E-state index in [1.54, 1.807) is 34.9 Å². The molecule has 0 spiro atoms. The van der Waals surface area contributed by atoms with E-state index in [2.05, 4.69) is 0 Å². The molecule has 6 heteroatoms. The van der Waals surface area contributed by atoms with Gasteiger partial charge in [-0.15, -0.1) is 0 Å². The predicted octanol–water partition coefficient (Wildman–Crippen LogP) is 2.89. The largest absolute Gasteiger partial charge is 0.481 e. The number of aromatic nitrogens is 1. The van der Waals surface area contributed by atoms with Gasteiger partial charge in [-0.05, 0) is 48.4 Å². The van der Waals surface area contributed by atoms with Gasteiger partial charge >= 0.3 is 5.97 Å². The number of carboxylic acid groups (broad SMARTS) is 1. The number of hydrogen-bond donors (Lipinski definition) is 2. The predicted molar refractivity (Wildman–Crippen MR) is 87.7 cm³/mol. The Morgan fingerprint density at radius 3 is 2.62 bits per heavy atom. The fourth-order valence-electron chi connectivity index (χ4n) is 2.74. The van der Waals surface area contributed by atoms with Crippen LogP contribution in [0.25, 0.3) is 16.6 Å². The second-order valence-corrected chi connectivity index (χ2v) is 5.50. The van der Waals surface area contributed by atoms with Gasteiger partial charge in [0.1, 0.15) is 11.5 Å². The molecule has 0 saturated heterocycles. The summed E-state index contributed by atoms with van der Waals surface area (Å²) in [5, 5.41) is 9.50. The van der Waals surface area contributed by atoms with E-state index < -0.39 is 17.7 Å². The lowest BCUT2D eigenvalue weighted by Gasteiger charge is -2.11. The third-order valence-electron chi connectivity index (χ3n) is 3.82. The van der Waals surface area contributed by atoms with Gasteiger partial charge < -0.3 is 15.4 Å². The summed E-state index contributed by atoms with van der Waals surface area (Å²) in [7, 11) is 0. The van der Waals surface area contributed by atoms with Crippen LogP contribution in [0, 0.1) is 5.82 Å². The number of aliphatic carboxylic acids is 1. The van der Waals surface area contributed by atoms with Crippen LogP contribution in [0.2, 0.25) is 0 Å². The molecule has 0 atom stereocenters. The molecule has 0 aliphatic rings. The standard InChI is InChI=1S/C18H15FN2O3/c19-13-6-5-12-9-16(18(20)24)21(15(12)10-13)14-3-1-2-11(8-14)4-7-17(22)23/h1-3,5-6,8-10H,4,7H2,(H2,20,24)(H,22,23). The van der Waals surface area contributed by atoms with E-state index >= 15 is 0 Å². The Morgan fingerprint density at radius 2 is 1.92 bits per heavy atom. The summed E-state index contributed by atoms with van der Waals surface area (Å²) < 4.78 is 15.2. The zero-order valence-corrected chi connectivity index (χ0v) is 12.7. The molecule has 0 radical (unpaired) electrons. The van der Waals surface area contributed by atoms with Crippen molar-refractivity contribution < 1.29 is 19.1 Å². The molecule has 1 amide bonds.